The van der Waals surface area contributed by atoms with E-state index in [1.54, 1.807) is 0 Å². The first-order valence-electron chi connectivity index (χ1n) is 5.53. The zero-order valence-corrected chi connectivity index (χ0v) is 8.91. The highest BCUT2D eigenvalue weighted by Gasteiger charge is 2.19. The van der Waals surface area contributed by atoms with E-state index in [2.05, 4.69) is 10.2 Å². The van der Waals surface area contributed by atoms with E-state index < -0.39 is 0 Å². The molecule has 5 heteroatoms. The first-order valence-corrected chi connectivity index (χ1v) is 5.53. The van der Waals surface area contributed by atoms with Gasteiger partial charge in [-0.05, 0) is 6.42 Å². The highest BCUT2D eigenvalue weighted by Crippen LogP contribution is 2.05. The van der Waals surface area contributed by atoms with Gasteiger partial charge in [0.25, 0.3) is 0 Å². The summed E-state index contributed by atoms with van der Waals surface area (Å²) in [4.78, 5) is 13.2. The number of nitrogens with zero attached hydrogens (tertiary/aromatic N) is 1. The number of rotatable bonds is 3. The number of carbonyl (C=O) groups is 1. The van der Waals surface area contributed by atoms with Crippen LogP contribution >= 0.6 is 0 Å². The van der Waals surface area contributed by atoms with E-state index in [9.17, 15) is 4.79 Å². The van der Waals surface area contributed by atoms with Crippen molar-refractivity contribution in [1.82, 2.24) is 10.2 Å². The quantitative estimate of drug-likeness (QED) is 0.670. The highest BCUT2D eigenvalue weighted by atomic mass is 16.5. The average Bonchev–Trinajstić information content (AvgIpc) is 2.30. The molecule has 5 nitrogen and oxygen atoms in total. The summed E-state index contributed by atoms with van der Waals surface area (Å²) in [6, 6.07) is 0. The van der Waals surface area contributed by atoms with Gasteiger partial charge in [0.1, 0.15) is 6.61 Å². The second kappa shape index (κ2) is 5.44. The summed E-state index contributed by atoms with van der Waals surface area (Å²) in [6.07, 6.45) is 1.17. The molecule has 0 saturated carbocycles. The van der Waals surface area contributed by atoms with Crippen molar-refractivity contribution in [2.24, 2.45) is 0 Å². The third-order valence-corrected chi connectivity index (χ3v) is 2.85. The predicted molar refractivity (Wildman–Crippen MR) is 54.6 cm³/mol. The minimum atomic E-state index is -0.00220. The minimum absolute atomic E-state index is 0.00220. The third kappa shape index (κ3) is 3.44. The molecule has 2 saturated heterocycles. The molecule has 0 radical (unpaired) electrons. The summed E-state index contributed by atoms with van der Waals surface area (Å²) in [6.45, 7) is 5.60. The summed E-state index contributed by atoms with van der Waals surface area (Å²) in [7, 11) is 0. The van der Waals surface area contributed by atoms with Crippen molar-refractivity contribution in [1.29, 1.82) is 0 Å². The maximum Gasteiger partial charge on any atom is 0.246 e. The van der Waals surface area contributed by atoms with Crippen molar-refractivity contribution in [2.75, 3.05) is 46.0 Å². The molecule has 0 bridgehead atoms. The van der Waals surface area contributed by atoms with Gasteiger partial charge in [-0.1, -0.05) is 0 Å². The molecule has 2 heterocycles. The Morgan fingerprint density at radius 1 is 1.40 bits per heavy atom. The van der Waals surface area contributed by atoms with Crippen molar-refractivity contribution in [3.63, 3.8) is 0 Å². The second-order valence-corrected chi connectivity index (χ2v) is 3.98. The lowest BCUT2D eigenvalue weighted by Gasteiger charge is -2.29. The summed E-state index contributed by atoms with van der Waals surface area (Å²) in [5, 5.41) is 2.81. The van der Waals surface area contributed by atoms with Crippen LogP contribution in [0.5, 0.6) is 0 Å². The van der Waals surface area contributed by atoms with Crippen LogP contribution in [0, 0.1) is 0 Å². The molecule has 86 valence electrons. The highest BCUT2D eigenvalue weighted by molar-refractivity contribution is 5.77. The zero-order valence-electron chi connectivity index (χ0n) is 8.91. The molecule has 2 rings (SSSR count). The number of amides is 1. The maximum atomic E-state index is 10.9. The predicted octanol–water partition coefficient (Wildman–Crippen LogP) is -0.776. The van der Waals surface area contributed by atoms with Crippen LogP contribution in [-0.2, 0) is 14.3 Å². The van der Waals surface area contributed by atoms with E-state index in [1.165, 1.54) is 0 Å². The van der Waals surface area contributed by atoms with Crippen molar-refractivity contribution >= 4 is 5.91 Å². The van der Waals surface area contributed by atoms with Crippen LogP contribution in [0.25, 0.3) is 0 Å². The smallest absolute Gasteiger partial charge is 0.246 e. The van der Waals surface area contributed by atoms with Gasteiger partial charge in [-0.2, -0.15) is 0 Å². The molecule has 0 aromatic heterocycles. The van der Waals surface area contributed by atoms with Crippen LogP contribution in [-0.4, -0.2) is 62.9 Å². The number of nitrogens with one attached hydrogen (secondary N) is 1. The van der Waals surface area contributed by atoms with Crippen LogP contribution < -0.4 is 5.32 Å². The fourth-order valence-corrected chi connectivity index (χ4v) is 1.87. The Labute approximate surface area is 89.7 Å². The lowest BCUT2D eigenvalue weighted by molar-refractivity contribution is -0.133. The van der Waals surface area contributed by atoms with Crippen molar-refractivity contribution in [3.05, 3.63) is 0 Å². The molecule has 2 aliphatic heterocycles. The number of ether oxygens (including phenoxy) is 2. The van der Waals surface area contributed by atoms with Crippen LogP contribution in [0.3, 0.4) is 0 Å². The molecule has 0 aromatic carbocycles. The van der Waals surface area contributed by atoms with Gasteiger partial charge in [0, 0.05) is 26.2 Å². The molecule has 1 atom stereocenters. The lowest BCUT2D eigenvalue weighted by atomic mass is 10.2. The molecule has 2 fully saturated rings. The second-order valence-electron chi connectivity index (χ2n) is 3.98. The molecule has 1 N–H and O–H groups in total. The van der Waals surface area contributed by atoms with Gasteiger partial charge in [-0.15, -0.1) is 0 Å². The van der Waals surface area contributed by atoms with Crippen LogP contribution in [0.2, 0.25) is 0 Å². The van der Waals surface area contributed by atoms with Gasteiger partial charge in [0.05, 0.1) is 19.3 Å². The summed E-state index contributed by atoms with van der Waals surface area (Å²) in [5.41, 5.74) is 0. The van der Waals surface area contributed by atoms with Crippen molar-refractivity contribution < 1.29 is 14.3 Å². The maximum absolute atomic E-state index is 10.9. The molecular weight excluding hydrogens is 196 g/mol. The van der Waals surface area contributed by atoms with E-state index in [-0.39, 0.29) is 18.6 Å². The van der Waals surface area contributed by atoms with Crippen LogP contribution in [0.1, 0.15) is 6.42 Å². The lowest BCUT2D eigenvalue weighted by Crippen LogP contribution is -2.45. The molecule has 0 aromatic rings. The Kier molecular flexibility index (Phi) is 3.94. The van der Waals surface area contributed by atoms with E-state index in [1.807, 2.05) is 0 Å². The molecule has 0 aliphatic carbocycles. The monoisotopic (exact) mass is 214 g/mol. The summed E-state index contributed by atoms with van der Waals surface area (Å²) in [5.74, 6) is -0.00220. The standard InChI is InChI=1S/C10H18N2O3/c13-10-8-15-9(7-11-10)1-2-12-3-5-14-6-4-12/h9H,1-8H2,(H,11,13). The third-order valence-electron chi connectivity index (χ3n) is 2.85. The van der Waals surface area contributed by atoms with Crippen molar-refractivity contribution in [2.45, 2.75) is 12.5 Å². The number of carbonyl (C=O) groups excluding carboxylic acids is 1. The Hall–Kier alpha value is -0.650. The number of hydrogen-bond acceptors (Lipinski definition) is 4. The minimum Gasteiger partial charge on any atom is -0.379 e. The Morgan fingerprint density at radius 2 is 2.20 bits per heavy atom. The van der Waals surface area contributed by atoms with Crippen molar-refractivity contribution in [3.8, 4) is 0 Å². The first-order chi connectivity index (χ1) is 7.34. The van der Waals surface area contributed by atoms with Gasteiger partial charge >= 0.3 is 0 Å². The fraction of sp³-hybridized carbons (Fsp3) is 0.900. The van der Waals surface area contributed by atoms with Crippen LogP contribution in [0.15, 0.2) is 0 Å². The zero-order chi connectivity index (χ0) is 10.5. The van der Waals surface area contributed by atoms with Gasteiger partial charge in [-0.3, -0.25) is 9.69 Å². The number of hydrogen-bond donors (Lipinski definition) is 1. The molecular formula is C10H18N2O3. The molecule has 0 spiro atoms. The van der Waals surface area contributed by atoms with Gasteiger partial charge in [0.2, 0.25) is 5.91 Å². The molecule has 15 heavy (non-hydrogen) atoms. The summed E-state index contributed by atoms with van der Waals surface area (Å²) < 4.78 is 10.7. The van der Waals surface area contributed by atoms with E-state index in [4.69, 9.17) is 9.47 Å². The molecule has 2 aliphatic rings. The normalized spacial score (nSPS) is 28.8. The summed E-state index contributed by atoms with van der Waals surface area (Å²) >= 11 is 0. The topological polar surface area (TPSA) is 50.8 Å². The Morgan fingerprint density at radius 3 is 2.87 bits per heavy atom. The average molecular weight is 214 g/mol. The van der Waals surface area contributed by atoms with E-state index in [0.717, 1.165) is 39.3 Å². The van der Waals surface area contributed by atoms with E-state index in [0.29, 0.717) is 6.54 Å². The SMILES string of the molecule is O=C1COC(CCN2CCOCC2)CN1. The fourth-order valence-electron chi connectivity index (χ4n) is 1.87. The largest absolute Gasteiger partial charge is 0.379 e. The van der Waals surface area contributed by atoms with E-state index >= 15 is 0 Å². The van der Waals surface area contributed by atoms with Gasteiger partial charge in [0.15, 0.2) is 0 Å². The molecule has 1 unspecified atom stereocenters. The molecule has 1 amide bonds. The Bertz CT molecular complexity index is 207. The van der Waals surface area contributed by atoms with Gasteiger partial charge in [-0.25, -0.2) is 0 Å². The first kappa shape index (κ1) is 10.9. The van der Waals surface area contributed by atoms with Crippen LogP contribution in [0.4, 0.5) is 0 Å². The Balaban J connectivity index is 1.62. The van der Waals surface area contributed by atoms with Gasteiger partial charge < -0.3 is 14.8 Å². The number of morpholine rings is 2.